The molecule has 7 fully saturated rings. The second kappa shape index (κ2) is 17.4. The Morgan fingerprint density at radius 1 is 0.687 bits per heavy atom. The van der Waals surface area contributed by atoms with Gasteiger partial charge in [0.1, 0.15) is 54.9 Å². The van der Waals surface area contributed by atoms with Gasteiger partial charge in [0.25, 0.3) is 0 Å². The number of aliphatic hydroxyl groups excluding tert-OH is 9. The molecule has 3 heterocycles. The summed E-state index contributed by atoms with van der Waals surface area (Å²) in [6.45, 7) is 16.4. The molecule has 19 heteroatoms. The van der Waals surface area contributed by atoms with Crippen LogP contribution >= 0.6 is 0 Å². The number of carbonyl (C=O) groups excluding carboxylic acids is 1. The molecule has 3 saturated heterocycles. The Hall–Kier alpha value is -1.92. The Morgan fingerprint density at radius 2 is 1.33 bits per heavy atom. The molecule has 0 spiro atoms. The summed E-state index contributed by atoms with van der Waals surface area (Å²) >= 11 is 0. The zero-order chi connectivity index (χ0) is 49.4. The van der Waals surface area contributed by atoms with Gasteiger partial charge in [0.15, 0.2) is 12.6 Å². The van der Waals surface area contributed by atoms with E-state index < -0.39 is 127 Å². The molecule has 0 aromatic carbocycles. The van der Waals surface area contributed by atoms with E-state index in [9.17, 15) is 65.8 Å². The molecule has 3 aliphatic heterocycles. The van der Waals surface area contributed by atoms with Crippen molar-refractivity contribution in [3.8, 4) is 0 Å². The molecular weight excluding hydrogens is 881 g/mol. The summed E-state index contributed by atoms with van der Waals surface area (Å²) in [6, 6.07) is 0. The van der Waals surface area contributed by atoms with Crippen molar-refractivity contribution >= 4 is 11.9 Å². The molecule has 5 aliphatic carbocycles. The number of rotatable bonds is 8. The maximum Gasteiger partial charge on any atom is 0.338 e. The molecule has 24 atom stereocenters. The molecule has 4 saturated carbocycles. The minimum atomic E-state index is -3.19. The molecule has 0 radical (unpaired) electrons. The lowest BCUT2D eigenvalue weighted by molar-refractivity contribution is -0.436. The highest BCUT2D eigenvalue weighted by Gasteiger charge is 2.71. The van der Waals surface area contributed by atoms with Crippen LogP contribution in [0.25, 0.3) is 0 Å². The van der Waals surface area contributed by atoms with Crippen molar-refractivity contribution in [2.24, 2.45) is 56.2 Å². The fraction of sp³-hybridized carbons (Fsp3) is 0.917. The minimum Gasteiger partial charge on any atom is -0.479 e. The van der Waals surface area contributed by atoms with Crippen LogP contribution in [-0.2, 0) is 38.0 Å². The number of carbonyl (C=O) groups is 2. The largest absolute Gasteiger partial charge is 0.479 e. The molecule has 0 aromatic heterocycles. The number of aliphatic hydroxyl groups is 10. The first-order valence-corrected chi connectivity index (χ1v) is 24.2. The van der Waals surface area contributed by atoms with Crippen LogP contribution in [0.2, 0.25) is 0 Å². The number of fused-ring (bicyclic) bond motifs is 7. The Kier molecular flexibility index (Phi) is 13.4. The molecule has 24 unspecified atom stereocenters. The topological polar surface area (TPSA) is 312 Å². The highest BCUT2D eigenvalue weighted by Crippen LogP contribution is 2.76. The molecule has 0 aromatic rings. The molecular formula is C48H76O19. The Morgan fingerprint density at radius 3 is 1.99 bits per heavy atom. The van der Waals surface area contributed by atoms with Gasteiger partial charge in [0, 0.05) is 0 Å². The summed E-state index contributed by atoms with van der Waals surface area (Å²) in [5, 5.41) is 117. The third-order valence-corrected chi connectivity index (χ3v) is 19.4. The summed E-state index contributed by atoms with van der Waals surface area (Å²) in [5.74, 6) is -5.44. The second-order valence-electron chi connectivity index (χ2n) is 23.7. The van der Waals surface area contributed by atoms with Crippen LogP contribution in [0, 0.1) is 56.2 Å². The lowest BCUT2D eigenvalue weighted by Gasteiger charge is -2.72. The maximum absolute atomic E-state index is 14.7. The van der Waals surface area contributed by atoms with Crippen molar-refractivity contribution in [2.45, 2.75) is 211 Å². The first-order chi connectivity index (χ1) is 31.0. The van der Waals surface area contributed by atoms with Crippen LogP contribution in [-0.4, -0.2) is 173 Å². The van der Waals surface area contributed by atoms with Crippen LogP contribution < -0.4 is 0 Å². The van der Waals surface area contributed by atoms with Crippen molar-refractivity contribution < 1.29 is 94.2 Å². The van der Waals surface area contributed by atoms with Gasteiger partial charge in [-0.25, -0.2) is 4.79 Å². The Balaban J connectivity index is 1.02. The monoisotopic (exact) mass is 956 g/mol. The van der Waals surface area contributed by atoms with Gasteiger partial charge in [-0.15, -0.1) is 0 Å². The first kappa shape index (κ1) is 51.4. The first-order valence-electron chi connectivity index (χ1n) is 24.2. The molecule has 67 heavy (non-hydrogen) atoms. The zero-order valence-corrected chi connectivity index (χ0v) is 39.9. The number of hydrogen-bond acceptors (Lipinski definition) is 18. The molecule has 8 rings (SSSR count). The van der Waals surface area contributed by atoms with Crippen LogP contribution in [0.5, 0.6) is 0 Å². The molecule has 0 bridgehead atoms. The van der Waals surface area contributed by atoms with E-state index >= 15 is 0 Å². The quantitative estimate of drug-likeness (QED) is 0.0681. The average Bonchev–Trinajstić information content (AvgIpc) is 3.25. The lowest BCUT2D eigenvalue weighted by Crippen LogP contribution is -2.72. The number of carboxylic acids is 1. The number of allylic oxidation sites excluding steroid dienone is 2. The SMILES string of the molecule is CC1OC(OC2(O)C(C(=O)O)OC(OC3CCC4(C)C(CCC5(C)C4C=CC4C6CC(C)(C)CCC6(C(=O)OC6OC(CO)C(O)C(O)C6O)CCC45C)C3(C)C)C(O)C2O)C(O)C(O)C1O. The smallest absolute Gasteiger partial charge is 0.338 e. The number of hydrogen-bond donors (Lipinski definition) is 11. The van der Waals surface area contributed by atoms with Crippen LogP contribution in [0.4, 0.5) is 0 Å². The number of ether oxygens (including phenoxy) is 6. The van der Waals surface area contributed by atoms with E-state index in [1.807, 2.05) is 0 Å². The normalized spacial score (nSPS) is 54.7. The van der Waals surface area contributed by atoms with Gasteiger partial charge in [-0.05, 0) is 115 Å². The van der Waals surface area contributed by atoms with E-state index in [0.29, 0.717) is 25.7 Å². The van der Waals surface area contributed by atoms with Crippen LogP contribution in [0.15, 0.2) is 12.2 Å². The highest BCUT2D eigenvalue weighted by atomic mass is 16.8. The zero-order valence-electron chi connectivity index (χ0n) is 39.9. The van der Waals surface area contributed by atoms with Gasteiger partial charge in [-0.2, -0.15) is 0 Å². The highest BCUT2D eigenvalue weighted by molar-refractivity contribution is 5.78. The maximum atomic E-state index is 14.7. The van der Waals surface area contributed by atoms with Gasteiger partial charge in [0.2, 0.25) is 18.2 Å². The predicted molar refractivity (Wildman–Crippen MR) is 230 cm³/mol. The fourth-order valence-electron chi connectivity index (χ4n) is 15.1. The van der Waals surface area contributed by atoms with Crippen molar-refractivity contribution in [3.63, 3.8) is 0 Å². The summed E-state index contributed by atoms with van der Waals surface area (Å²) < 4.78 is 34.7. The fourth-order valence-corrected chi connectivity index (χ4v) is 15.1. The molecule has 382 valence electrons. The summed E-state index contributed by atoms with van der Waals surface area (Å²) in [4.78, 5) is 27.3. The van der Waals surface area contributed by atoms with E-state index in [1.54, 1.807) is 0 Å². The van der Waals surface area contributed by atoms with E-state index in [2.05, 4.69) is 60.6 Å². The Bertz CT molecular complexity index is 1900. The Labute approximate surface area is 391 Å². The standard InChI is InChI=1S/C48H76O19/c1-21-28(50)30(52)33(55)40(62-21)67-48(61)35(57)34(56)39(65-36(48)37(58)59)64-27-12-13-44(6)25(43(27,4)5)11-14-46(8)26(44)10-9-22-23-19-42(2,3)15-17-47(23,18-16-45(22,46)7)41(60)66-38-32(54)31(53)29(51)24(20-49)63-38/h9-10,21-36,38-40,49-57,61H,11-20H2,1-8H3,(H,58,59). The third-order valence-electron chi connectivity index (χ3n) is 19.4. The number of carboxylic acid groups (broad SMARTS) is 1. The predicted octanol–water partition coefficient (Wildman–Crippen LogP) is 0.436. The average molecular weight is 957 g/mol. The van der Waals surface area contributed by atoms with Crippen molar-refractivity contribution in [3.05, 3.63) is 12.2 Å². The second-order valence-corrected chi connectivity index (χ2v) is 23.7. The summed E-state index contributed by atoms with van der Waals surface area (Å²) in [5.41, 5.74) is -2.30. The molecule has 11 N–H and O–H groups in total. The van der Waals surface area contributed by atoms with E-state index in [0.717, 1.165) is 32.1 Å². The minimum absolute atomic E-state index is 0.00794. The number of aliphatic carboxylic acids is 1. The van der Waals surface area contributed by atoms with E-state index in [4.69, 9.17) is 28.4 Å². The third kappa shape index (κ3) is 7.79. The van der Waals surface area contributed by atoms with Gasteiger partial charge in [-0.3, -0.25) is 4.79 Å². The van der Waals surface area contributed by atoms with Gasteiger partial charge in [-0.1, -0.05) is 60.6 Å². The van der Waals surface area contributed by atoms with Crippen molar-refractivity contribution in [1.29, 1.82) is 0 Å². The van der Waals surface area contributed by atoms with Crippen LogP contribution in [0.1, 0.15) is 113 Å². The summed E-state index contributed by atoms with van der Waals surface area (Å²) in [7, 11) is 0. The van der Waals surface area contributed by atoms with E-state index in [1.165, 1.54) is 6.92 Å². The lowest BCUT2D eigenvalue weighted by atomic mass is 9.33. The van der Waals surface area contributed by atoms with Crippen LogP contribution in [0.3, 0.4) is 0 Å². The van der Waals surface area contributed by atoms with Gasteiger partial charge < -0.3 is 84.6 Å². The van der Waals surface area contributed by atoms with E-state index in [-0.39, 0.29) is 45.3 Å². The molecule has 8 aliphatic rings. The number of esters is 1. The molecule has 19 nitrogen and oxygen atoms in total. The molecule has 0 amide bonds. The van der Waals surface area contributed by atoms with Gasteiger partial charge >= 0.3 is 11.9 Å². The van der Waals surface area contributed by atoms with Crippen molar-refractivity contribution in [2.75, 3.05) is 6.61 Å². The van der Waals surface area contributed by atoms with Gasteiger partial charge in [0.05, 0.1) is 24.2 Å². The van der Waals surface area contributed by atoms with Crippen molar-refractivity contribution in [1.82, 2.24) is 0 Å². The summed E-state index contributed by atoms with van der Waals surface area (Å²) in [6.07, 6.45) is -14.3.